The van der Waals surface area contributed by atoms with Crippen LogP contribution >= 0.6 is 7.82 Å². The summed E-state index contributed by atoms with van der Waals surface area (Å²) in [5.74, 6) is -0.548. The molecule has 1 N–H and O–H groups in total. The number of allylic oxidation sites excluding steroid dienone is 7. The van der Waals surface area contributed by atoms with Crippen LogP contribution < -0.4 is 10.2 Å². The van der Waals surface area contributed by atoms with E-state index in [1.165, 1.54) is 212 Å². The fourth-order valence-corrected chi connectivity index (χ4v) is 10.5. The van der Waals surface area contributed by atoms with Crippen LogP contribution in [-0.4, -0.2) is 69.4 Å². The third kappa shape index (κ3) is 58.6. The van der Waals surface area contributed by atoms with E-state index < -0.39 is 26.6 Å². The van der Waals surface area contributed by atoms with Crippen LogP contribution in [0.2, 0.25) is 0 Å². The van der Waals surface area contributed by atoms with Crippen molar-refractivity contribution in [3.63, 3.8) is 0 Å². The Bertz CT molecular complexity index is 1470. The number of likely N-dealkylation sites (N-methyl/N-ethyl adjacent to an activating group) is 1. The molecule has 0 fully saturated rings. The third-order valence-corrected chi connectivity index (χ3v) is 15.9. The average molecular weight is 1120 g/mol. The molecule has 0 rings (SSSR count). The molecule has 0 aliphatic carbocycles. The van der Waals surface area contributed by atoms with E-state index in [9.17, 15) is 19.0 Å². The highest BCUT2D eigenvalue weighted by Crippen LogP contribution is 2.38. The van der Waals surface area contributed by atoms with Crippen molar-refractivity contribution < 1.29 is 37.3 Å². The van der Waals surface area contributed by atoms with Crippen LogP contribution in [0.5, 0.6) is 0 Å². The maximum Gasteiger partial charge on any atom is 0.306 e. The van der Waals surface area contributed by atoms with Crippen molar-refractivity contribution in [2.24, 2.45) is 0 Å². The summed E-state index contributed by atoms with van der Waals surface area (Å²) in [5, 5.41) is 3.02. The number of phosphoric ester groups is 1. The predicted octanol–water partition coefficient (Wildman–Crippen LogP) is 20.2. The second-order valence-corrected chi connectivity index (χ2v) is 25.4. The second kappa shape index (κ2) is 58.2. The number of nitrogens with one attached hydrogen (secondary N) is 1. The van der Waals surface area contributed by atoms with Crippen LogP contribution in [0.25, 0.3) is 0 Å². The Morgan fingerprint density at radius 3 is 1.21 bits per heavy atom. The first-order valence-electron chi connectivity index (χ1n) is 33.4. The Labute approximate surface area is 484 Å². The quantitative estimate of drug-likeness (QED) is 0.0212. The van der Waals surface area contributed by atoms with Gasteiger partial charge in [-0.15, -0.1) is 0 Å². The zero-order chi connectivity index (χ0) is 57.2. The lowest BCUT2D eigenvalue weighted by molar-refractivity contribution is -0.870. The Kier molecular flexibility index (Phi) is 56.7. The fraction of sp³-hybridized carbons (Fsp3) is 0.853. The molecule has 3 atom stereocenters. The molecule has 3 unspecified atom stereocenters. The van der Waals surface area contributed by atoms with Crippen molar-refractivity contribution in [3.8, 4) is 0 Å². The van der Waals surface area contributed by atoms with Crippen molar-refractivity contribution in [1.82, 2.24) is 5.32 Å². The molecule has 0 aliphatic heterocycles. The van der Waals surface area contributed by atoms with E-state index in [-0.39, 0.29) is 24.9 Å². The summed E-state index contributed by atoms with van der Waals surface area (Å²) in [7, 11) is 1.19. The van der Waals surface area contributed by atoms with Gasteiger partial charge in [0.1, 0.15) is 19.3 Å². The number of carbonyl (C=O) groups excluding carboxylic acids is 2. The fourth-order valence-electron chi connectivity index (χ4n) is 9.78. The Morgan fingerprint density at radius 2 is 0.782 bits per heavy atom. The summed E-state index contributed by atoms with van der Waals surface area (Å²) in [5.41, 5.74) is 0. The minimum atomic E-state index is -4.70. The molecule has 0 aliphatic rings. The number of esters is 1. The molecule has 0 spiro atoms. The summed E-state index contributed by atoms with van der Waals surface area (Å²) in [4.78, 5) is 40.0. The minimum Gasteiger partial charge on any atom is -0.756 e. The van der Waals surface area contributed by atoms with Crippen LogP contribution in [0.4, 0.5) is 0 Å². The lowest BCUT2D eigenvalue weighted by Gasteiger charge is -2.30. The van der Waals surface area contributed by atoms with Gasteiger partial charge >= 0.3 is 5.97 Å². The van der Waals surface area contributed by atoms with Crippen molar-refractivity contribution in [2.45, 2.75) is 335 Å². The molecule has 78 heavy (non-hydrogen) atoms. The van der Waals surface area contributed by atoms with Crippen LogP contribution in [0.3, 0.4) is 0 Å². The number of amides is 1. The Hall–Kier alpha value is -2.03. The van der Waals surface area contributed by atoms with Gasteiger partial charge in [-0.05, 0) is 89.5 Å². The number of quaternary nitrogens is 1. The number of hydrogen-bond acceptors (Lipinski definition) is 7. The molecule has 458 valence electrons. The standard InChI is InChI=1S/C68H129N2O7P/c1-7-10-13-16-19-22-25-28-29-30-31-32-33-34-35-36-37-38-39-40-41-43-46-49-52-55-58-61-68(72)77-66(59-56-53-50-47-44-27-24-21-18-15-12-9-3)65(64-76-78(73,74)75-63-62-70(4,5)6)69-67(71)60-57-54-51-48-45-42-26-23-20-17-14-11-8-2/h19,22,28-29,42,45,56,59,65-66H,7-18,20-21,23-27,30-41,43-44,46-55,57-58,60-64H2,1-6H3,(H-,69,71,73,74)/b22-19-,29-28-,45-42-,59-56-. The zero-order valence-electron chi connectivity index (χ0n) is 52.4. The van der Waals surface area contributed by atoms with Crippen molar-refractivity contribution >= 4 is 19.7 Å². The number of rotatable bonds is 61. The van der Waals surface area contributed by atoms with Gasteiger partial charge in [0.15, 0.2) is 0 Å². The number of hydrogen-bond donors (Lipinski definition) is 1. The van der Waals surface area contributed by atoms with E-state index in [1.807, 2.05) is 33.3 Å². The van der Waals surface area contributed by atoms with Crippen LogP contribution in [0.15, 0.2) is 48.6 Å². The molecular weight excluding hydrogens is 988 g/mol. The van der Waals surface area contributed by atoms with Gasteiger partial charge in [0.05, 0.1) is 33.8 Å². The van der Waals surface area contributed by atoms with Gasteiger partial charge in [0.25, 0.3) is 7.82 Å². The first-order chi connectivity index (χ1) is 37.9. The topological polar surface area (TPSA) is 114 Å². The normalized spacial score (nSPS) is 13.9. The van der Waals surface area contributed by atoms with E-state index >= 15 is 0 Å². The number of ether oxygens (including phenoxy) is 1. The minimum absolute atomic E-state index is 0.0236. The van der Waals surface area contributed by atoms with E-state index in [1.54, 1.807) is 0 Å². The first-order valence-corrected chi connectivity index (χ1v) is 34.9. The summed E-state index contributed by atoms with van der Waals surface area (Å²) >= 11 is 0. The third-order valence-electron chi connectivity index (χ3n) is 15.0. The van der Waals surface area contributed by atoms with E-state index in [0.29, 0.717) is 17.4 Å². The van der Waals surface area contributed by atoms with Gasteiger partial charge in [-0.1, -0.05) is 269 Å². The highest BCUT2D eigenvalue weighted by atomic mass is 31.2. The van der Waals surface area contributed by atoms with E-state index in [2.05, 4.69) is 62.5 Å². The first kappa shape index (κ1) is 76.0. The molecule has 0 saturated carbocycles. The molecule has 1 amide bonds. The highest BCUT2D eigenvalue weighted by molar-refractivity contribution is 7.45. The Balaban J connectivity index is 4.99. The second-order valence-electron chi connectivity index (χ2n) is 24.0. The molecule has 0 radical (unpaired) electrons. The molecule has 9 nitrogen and oxygen atoms in total. The molecule has 0 bridgehead atoms. The smallest absolute Gasteiger partial charge is 0.306 e. The number of nitrogens with zero attached hydrogens (tertiary/aromatic N) is 1. The molecule has 0 aromatic rings. The summed E-state index contributed by atoms with van der Waals surface area (Å²) < 4.78 is 30.3. The largest absolute Gasteiger partial charge is 0.756 e. The van der Waals surface area contributed by atoms with E-state index in [4.69, 9.17) is 13.8 Å². The van der Waals surface area contributed by atoms with Gasteiger partial charge in [0.2, 0.25) is 5.91 Å². The predicted molar refractivity (Wildman–Crippen MR) is 335 cm³/mol. The molecular formula is C68H129N2O7P. The highest BCUT2D eigenvalue weighted by Gasteiger charge is 2.27. The molecule has 0 saturated heterocycles. The van der Waals surface area contributed by atoms with Crippen molar-refractivity contribution in [1.29, 1.82) is 0 Å². The summed E-state index contributed by atoms with van der Waals surface area (Å²) in [6, 6.07) is -0.893. The van der Waals surface area contributed by atoms with Crippen molar-refractivity contribution in [2.75, 3.05) is 40.9 Å². The monoisotopic (exact) mass is 1120 g/mol. The molecule has 10 heteroatoms. The van der Waals surface area contributed by atoms with Gasteiger partial charge in [0, 0.05) is 12.8 Å². The zero-order valence-corrected chi connectivity index (χ0v) is 53.3. The number of carbonyl (C=O) groups is 2. The van der Waals surface area contributed by atoms with Crippen LogP contribution in [-0.2, 0) is 27.9 Å². The SMILES string of the molecule is CCCCC/C=C\C/C=C\CCCCCCCCCCCCCCCCCCCC(=O)OC(/C=C\CCCCCCCCCCCC)C(COP(=O)([O-])OCC[N+](C)(C)C)NC(=O)CCCCC/C=C\CCCCCCCC. The molecule has 0 aromatic heterocycles. The maximum atomic E-state index is 13.5. The van der Waals surface area contributed by atoms with Gasteiger partial charge < -0.3 is 28.5 Å². The maximum absolute atomic E-state index is 13.5. The van der Waals surface area contributed by atoms with Crippen LogP contribution in [0.1, 0.15) is 323 Å². The lowest BCUT2D eigenvalue weighted by Crippen LogP contribution is -2.47. The Morgan fingerprint density at radius 1 is 0.449 bits per heavy atom. The van der Waals surface area contributed by atoms with E-state index in [0.717, 1.165) is 77.0 Å². The summed E-state index contributed by atoms with van der Waals surface area (Å²) in [6.45, 7) is 6.83. The molecule has 0 aromatic carbocycles. The van der Waals surface area contributed by atoms with Gasteiger partial charge in [-0.3, -0.25) is 14.2 Å². The summed E-state index contributed by atoms with van der Waals surface area (Å²) in [6.07, 6.45) is 72.4. The van der Waals surface area contributed by atoms with Gasteiger partial charge in [-0.2, -0.15) is 0 Å². The average Bonchev–Trinajstić information content (AvgIpc) is 3.40. The number of unbranched alkanes of at least 4 members (excludes halogenated alkanes) is 39. The molecule has 0 heterocycles. The number of phosphoric acid groups is 1. The van der Waals surface area contributed by atoms with Crippen LogP contribution in [0, 0.1) is 0 Å². The van der Waals surface area contributed by atoms with Crippen molar-refractivity contribution in [3.05, 3.63) is 48.6 Å². The lowest BCUT2D eigenvalue weighted by atomic mass is 10.0. The van der Waals surface area contributed by atoms with Gasteiger partial charge in [-0.25, -0.2) is 0 Å².